The molecule has 0 radical (unpaired) electrons. The lowest BCUT2D eigenvalue weighted by atomic mass is 10.1. The SMILES string of the molecule is Cc1nc(C2CN(CC(O)c3cccc(F)c3)CCO2)n[nH]1. The maximum Gasteiger partial charge on any atom is 0.180 e. The Balaban J connectivity index is 1.62. The highest BCUT2D eigenvalue weighted by Crippen LogP contribution is 2.22. The third-order valence-electron chi connectivity index (χ3n) is 3.72. The first kappa shape index (κ1) is 15.1. The summed E-state index contributed by atoms with van der Waals surface area (Å²) in [6, 6.07) is 6.06. The number of nitrogens with zero attached hydrogens (tertiary/aromatic N) is 3. The summed E-state index contributed by atoms with van der Waals surface area (Å²) in [6.07, 6.45) is -0.943. The van der Waals surface area contributed by atoms with Gasteiger partial charge in [-0.05, 0) is 24.6 Å². The van der Waals surface area contributed by atoms with Gasteiger partial charge in [-0.1, -0.05) is 12.1 Å². The predicted molar refractivity (Wildman–Crippen MR) is 77.6 cm³/mol. The molecule has 0 spiro atoms. The summed E-state index contributed by atoms with van der Waals surface area (Å²) in [5.74, 6) is 1.03. The fourth-order valence-electron chi connectivity index (χ4n) is 2.59. The average Bonchev–Trinajstić information content (AvgIpc) is 2.94. The number of rotatable bonds is 4. The molecular formula is C15H19FN4O2. The van der Waals surface area contributed by atoms with Crippen LogP contribution >= 0.6 is 0 Å². The fraction of sp³-hybridized carbons (Fsp3) is 0.467. The van der Waals surface area contributed by atoms with Crippen molar-refractivity contribution in [2.45, 2.75) is 19.1 Å². The van der Waals surface area contributed by atoms with Crippen molar-refractivity contribution in [3.05, 3.63) is 47.3 Å². The van der Waals surface area contributed by atoms with Crippen molar-refractivity contribution in [3.8, 4) is 0 Å². The fourth-order valence-corrected chi connectivity index (χ4v) is 2.59. The van der Waals surface area contributed by atoms with E-state index in [0.29, 0.717) is 37.6 Å². The Bertz CT molecular complexity index is 634. The molecule has 0 aliphatic carbocycles. The molecule has 22 heavy (non-hydrogen) atoms. The first-order valence-electron chi connectivity index (χ1n) is 7.28. The van der Waals surface area contributed by atoms with Gasteiger partial charge in [0.2, 0.25) is 0 Å². The van der Waals surface area contributed by atoms with Crippen LogP contribution in [0.1, 0.15) is 29.4 Å². The van der Waals surface area contributed by atoms with Crippen LogP contribution in [0.3, 0.4) is 0 Å². The van der Waals surface area contributed by atoms with E-state index in [2.05, 4.69) is 20.1 Å². The van der Waals surface area contributed by atoms with Gasteiger partial charge >= 0.3 is 0 Å². The van der Waals surface area contributed by atoms with Gasteiger partial charge in [0.1, 0.15) is 17.7 Å². The number of nitrogens with one attached hydrogen (secondary N) is 1. The Kier molecular flexibility index (Phi) is 4.47. The summed E-state index contributed by atoms with van der Waals surface area (Å²) in [7, 11) is 0. The minimum atomic E-state index is -0.733. The van der Waals surface area contributed by atoms with E-state index in [9.17, 15) is 9.50 Å². The number of benzene rings is 1. The van der Waals surface area contributed by atoms with Crippen LogP contribution in [0.4, 0.5) is 4.39 Å². The van der Waals surface area contributed by atoms with Crippen molar-refractivity contribution in [1.29, 1.82) is 0 Å². The second kappa shape index (κ2) is 6.51. The zero-order valence-electron chi connectivity index (χ0n) is 12.4. The minimum absolute atomic E-state index is 0.210. The molecule has 1 aromatic carbocycles. The first-order chi connectivity index (χ1) is 10.6. The van der Waals surface area contributed by atoms with Gasteiger partial charge < -0.3 is 9.84 Å². The number of aromatic nitrogens is 3. The van der Waals surface area contributed by atoms with Crippen molar-refractivity contribution >= 4 is 0 Å². The molecule has 2 N–H and O–H groups in total. The normalized spacial score (nSPS) is 21.0. The van der Waals surface area contributed by atoms with Crippen molar-refractivity contribution in [2.75, 3.05) is 26.2 Å². The van der Waals surface area contributed by atoms with E-state index in [0.717, 1.165) is 5.82 Å². The highest BCUT2D eigenvalue weighted by Gasteiger charge is 2.26. The van der Waals surface area contributed by atoms with Gasteiger partial charge in [-0.25, -0.2) is 9.37 Å². The van der Waals surface area contributed by atoms with Gasteiger partial charge in [0.25, 0.3) is 0 Å². The zero-order valence-corrected chi connectivity index (χ0v) is 12.4. The second-order valence-electron chi connectivity index (χ2n) is 5.47. The number of H-pyrrole nitrogens is 1. The van der Waals surface area contributed by atoms with Crippen molar-refractivity contribution in [2.24, 2.45) is 0 Å². The quantitative estimate of drug-likeness (QED) is 0.892. The van der Waals surface area contributed by atoms with Gasteiger partial charge in [0, 0.05) is 19.6 Å². The molecule has 1 aliphatic heterocycles. The van der Waals surface area contributed by atoms with E-state index in [1.165, 1.54) is 12.1 Å². The maximum atomic E-state index is 13.2. The molecule has 0 bridgehead atoms. The molecular weight excluding hydrogens is 287 g/mol. The van der Waals surface area contributed by atoms with Crippen LogP contribution < -0.4 is 0 Å². The lowest BCUT2D eigenvalue weighted by Gasteiger charge is -2.32. The molecule has 2 aromatic rings. The smallest absolute Gasteiger partial charge is 0.180 e. The summed E-state index contributed by atoms with van der Waals surface area (Å²) in [5, 5.41) is 17.2. The lowest BCUT2D eigenvalue weighted by molar-refractivity contribution is -0.0461. The summed E-state index contributed by atoms with van der Waals surface area (Å²) in [5.41, 5.74) is 0.580. The number of ether oxygens (including phenoxy) is 1. The molecule has 3 rings (SSSR count). The van der Waals surface area contributed by atoms with Gasteiger partial charge in [-0.2, -0.15) is 5.10 Å². The number of hydrogen-bond donors (Lipinski definition) is 2. The first-order valence-corrected chi connectivity index (χ1v) is 7.28. The number of morpholine rings is 1. The van der Waals surface area contributed by atoms with E-state index < -0.39 is 6.10 Å². The van der Waals surface area contributed by atoms with Gasteiger partial charge in [0.05, 0.1) is 12.7 Å². The maximum absolute atomic E-state index is 13.2. The van der Waals surface area contributed by atoms with Crippen molar-refractivity contribution in [3.63, 3.8) is 0 Å². The number of aliphatic hydroxyl groups is 1. The van der Waals surface area contributed by atoms with Crippen molar-refractivity contribution < 1.29 is 14.2 Å². The van der Waals surface area contributed by atoms with Crippen LogP contribution in [0.25, 0.3) is 0 Å². The molecule has 2 heterocycles. The van der Waals surface area contributed by atoms with E-state index in [1.807, 2.05) is 6.92 Å². The van der Waals surface area contributed by atoms with Crippen molar-refractivity contribution in [1.82, 2.24) is 20.1 Å². The highest BCUT2D eigenvalue weighted by molar-refractivity contribution is 5.19. The molecule has 6 nitrogen and oxygen atoms in total. The highest BCUT2D eigenvalue weighted by atomic mass is 19.1. The Morgan fingerprint density at radius 2 is 2.41 bits per heavy atom. The van der Waals surface area contributed by atoms with Crippen LogP contribution in [0, 0.1) is 12.7 Å². The third-order valence-corrected chi connectivity index (χ3v) is 3.72. The largest absolute Gasteiger partial charge is 0.387 e. The van der Waals surface area contributed by atoms with E-state index in [4.69, 9.17) is 4.74 Å². The summed E-state index contributed by atoms with van der Waals surface area (Å²) >= 11 is 0. The van der Waals surface area contributed by atoms with Crippen LogP contribution in [-0.4, -0.2) is 51.4 Å². The van der Waals surface area contributed by atoms with Crippen LogP contribution in [0.15, 0.2) is 24.3 Å². The Morgan fingerprint density at radius 1 is 1.55 bits per heavy atom. The molecule has 1 fully saturated rings. The van der Waals surface area contributed by atoms with E-state index in [-0.39, 0.29) is 11.9 Å². The number of aromatic amines is 1. The summed E-state index contributed by atoms with van der Waals surface area (Å²) < 4.78 is 18.9. The Hall–Kier alpha value is -1.83. The molecule has 2 unspecified atom stereocenters. The zero-order chi connectivity index (χ0) is 15.5. The van der Waals surface area contributed by atoms with Gasteiger partial charge in [-0.15, -0.1) is 0 Å². The molecule has 2 atom stereocenters. The topological polar surface area (TPSA) is 74.3 Å². The Labute approximate surface area is 127 Å². The predicted octanol–water partition coefficient (Wildman–Crippen LogP) is 1.36. The van der Waals surface area contributed by atoms with Crippen LogP contribution in [0.5, 0.6) is 0 Å². The number of hydrogen-bond acceptors (Lipinski definition) is 5. The number of β-amino-alcohol motifs (C(OH)–C–C–N with tert-alkyl or cyclic N) is 1. The second-order valence-corrected chi connectivity index (χ2v) is 5.47. The number of aryl methyl sites for hydroxylation is 1. The number of halogens is 1. The molecule has 118 valence electrons. The van der Waals surface area contributed by atoms with Crippen LogP contribution in [-0.2, 0) is 4.74 Å². The monoisotopic (exact) mass is 306 g/mol. The van der Waals surface area contributed by atoms with E-state index in [1.54, 1.807) is 12.1 Å². The lowest BCUT2D eigenvalue weighted by Crippen LogP contribution is -2.40. The Morgan fingerprint density at radius 3 is 3.14 bits per heavy atom. The molecule has 1 aromatic heterocycles. The molecule has 7 heteroatoms. The molecule has 1 saturated heterocycles. The average molecular weight is 306 g/mol. The number of aliphatic hydroxyl groups excluding tert-OH is 1. The van der Waals surface area contributed by atoms with Gasteiger partial charge in [-0.3, -0.25) is 10.00 Å². The molecule has 0 saturated carbocycles. The third kappa shape index (κ3) is 3.49. The molecule has 1 aliphatic rings. The summed E-state index contributed by atoms with van der Waals surface area (Å²) in [6.45, 7) is 4.13. The minimum Gasteiger partial charge on any atom is -0.387 e. The summed E-state index contributed by atoms with van der Waals surface area (Å²) in [4.78, 5) is 6.37. The molecule has 0 amide bonds. The van der Waals surface area contributed by atoms with E-state index >= 15 is 0 Å². The van der Waals surface area contributed by atoms with Gasteiger partial charge in [0.15, 0.2) is 5.82 Å². The van der Waals surface area contributed by atoms with Crippen LogP contribution in [0.2, 0.25) is 0 Å². The standard InChI is InChI=1S/C15H19FN4O2/c1-10-17-15(19-18-10)14-9-20(5-6-22-14)8-13(21)11-3-2-4-12(16)7-11/h2-4,7,13-14,21H,5-6,8-9H2,1H3,(H,17,18,19).